The van der Waals surface area contributed by atoms with Gasteiger partial charge < -0.3 is 19.7 Å². The lowest BCUT2D eigenvalue weighted by atomic mass is 10.0. The Morgan fingerprint density at radius 3 is 2.58 bits per heavy atom. The van der Waals surface area contributed by atoms with Gasteiger partial charge in [0.1, 0.15) is 13.2 Å². The predicted molar refractivity (Wildman–Crippen MR) is 118 cm³/mol. The van der Waals surface area contributed by atoms with Crippen LogP contribution in [0.5, 0.6) is 11.5 Å². The van der Waals surface area contributed by atoms with Crippen LogP contribution >= 0.6 is 0 Å². The van der Waals surface area contributed by atoms with E-state index in [1.807, 2.05) is 36.4 Å². The number of hydrogen-bond donors (Lipinski definition) is 1. The summed E-state index contributed by atoms with van der Waals surface area (Å²) < 4.78 is 11.3. The molecule has 5 rings (SSSR count). The van der Waals surface area contributed by atoms with Crippen LogP contribution in [0.4, 0.5) is 11.4 Å². The predicted octanol–water partition coefficient (Wildman–Crippen LogP) is 3.36. The van der Waals surface area contributed by atoms with E-state index >= 15 is 0 Å². The van der Waals surface area contributed by atoms with E-state index in [1.54, 1.807) is 4.90 Å². The van der Waals surface area contributed by atoms with Gasteiger partial charge in [0.15, 0.2) is 11.5 Å². The van der Waals surface area contributed by atoms with Crippen molar-refractivity contribution in [3.05, 3.63) is 48.0 Å². The number of likely N-dealkylation sites (tertiary alicyclic amines) is 1. The maximum absolute atomic E-state index is 12.7. The monoisotopic (exact) mass is 421 g/mol. The second-order valence-corrected chi connectivity index (χ2v) is 8.28. The first-order valence-electron chi connectivity index (χ1n) is 11.0. The molecule has 1 atom stereocenters. The molecule has 2 amide bonds. The van der Waals surface area contributed by atoms with Gasteiger partial charge in [0, 0.05) is 30.4 Å². The Morgan fingerprint density at radius 1 is 1.00 bits per heavy atom. The summed E-state index contributed by atoms with van der Waals surface area (Å²) in [6.45, 7) is 3.14. The molecule has 2 saturated heterocycles. The number of carbonyl (C=O) groups is 2. The van der Waals surface area contributed by atoms with Crippen molar-refractivity contribution in [3.63, 3.8) is 0 Å². The lowest BCUT2D eigenvalue weighted by molar-refractivity contribution is -0.118. The Labute approximate surface area is 181 Å². The van der Waals surface area contributed by atoms with Gasteiger partial charge in [0.05, 0.1) is 6.54 Å². The van der Waals surface area contributed by atoms with Crippen molar-refractivity contribution in [2.24, 2.45) is 0 Å². The Kier molecular flexibility index (Phi) is 5.51. The maximum Gasteiger partial charge on any atom is 0.238 e. The zero-order valence-corrected chi connectivity index (χ0v) is 17.5. The van der Waals surface area contributed by atoms with Crippen LogP contribution in [-0.2, 0) is 9.59 Å². The fourth-order valence-electron chi connectivity index (χ4n) is 4.69. The molecule has 31 heavy (non-hydrogen) atoms. The third-order valence-corrected chi connectivity index (χ3v) is 6.20. The van der Waals surface area contributed by atoms with Crippen LogP contribution in [0.25, 0.3) is 0 Å². The molecule has 0 aliphatic carbocycles. The van der Waals surface area contributed by atoms with Gasteiger partial charge in [0.2, 0.25) is 11.8 Å². The van der Waals surface area contributed by atoms with Gasteiger partial charge >= 0.3 is 0 Å². The van der Waals surface area contributed by atoms with Gasteiger partial charge in [-0.3, -0.25) is 14.5 Å². The standard InChI is InChI=1S/C24H27N3O4/c28-23(25-18-6-8-19(9-7-18)27-12-2-4-24(27)29)16-26-11-1-3-20(26)17-5-10-21-22(15-17)31-14-13-30-21/h5-10,15,20H,1-4,11-14,16H2,(H,25,28)/t20-/m1/s1. The Balaban J connectivity index is 1.21. The summed E-state index contributed by atoms with van der Waals surface area (Å²) in [7, 11) is 0. The topological polar surface area (TPSA) is 71.1 Å². The van der Waals surface area contributed by atoms with Crippen LogP contribution < -0.4 is 19.7 Å². The van der Waals surface area contributed by atoms with Gasteiger partial charge in [0.25, 0.3) is 0 Å². The highest BCUT2D eigenvalue weighted by Crippen LogP contribution is 2.38. The molecule has 3 aliphatic heterocycles. The normalized spacial score (nSPS) is 20.8. The quantitative estimate of drug-likeness (QED) is 0.802. The fraction of sp³-hybridized carbons (Fsp3) is 0.417. The second kappa shape index (κ2) is 8.59. The van der Waals surface area contributed by atoms with E-state index in [2.05, 4.69) is 16.3 Å². The maximum atomic E-state index is 12.7. The number of benzene rings is 2. The highest BCUT2D eigenvalue weighted by Gasteiger charge is 2.29. The molecular weight excluding hydrogens is 394 g/mol. The van der Waals surface area contributed by atoms with E-state index in [-0.39, 0.29) is 17.9 Å². The Bertz CT molecular complexity index is 975. The lowest BCUT2D eigenvalue weighted by Gasteiger charge is -2.26. The Hall–Kier alpha value is -3.06. The van der Waals surface area contributed by atoms with Crippen molar-refractivity contribution in [2.75, 3.05) is 43.1 Å². The highest BCUT2D eigenvalue weighted by molar-refractivity contribution is 5.96. The molecule has 7 heteroatoms. The van der Waals surface area contributed by atoms with Crippen molar-refractivity contribution in [3.8, 4) is 11.5 Å². The average Bonchev–Trinajstić information content (AvgIpc) is 3.43. The summed E-state index contributed by atoms with van der Waals surface area (Å²) in [5.41, 5.74) is 2.79. The number of anilines is 2. The largest absolute Gasteiger partial charge is 0.486 e. The highest BCUT2D eigenvalue weighted by atomic mass is 16.6. The first-order chi connectivity index (χ1) is 15.2. The number of ether oxygens (including phenoxy) is 2. The van der Waals surface area contributed by atoms with E-state index in [9.17, 15) is 9.59 Å². The van der Waals surface area contributed by atoms with Gasteiger partial charge in [-0.25, -0.2) is 0 Å². The van der Waals surface area contributed by atoms with Crippen molar-refractivity contribution >= 4 is 23.2 Å². The third kappa shape index (κ3) is 4.23. The van der Waals surface area contributed by atoms with Gasteiger partial charge in [-0.15, -0.1) is 0 Å². The van der Waals surface area contributed by atoms with E-state index in [0.29, 0.717) is 26.2 Å². The van der Waals surface area contributed by atoms with Crippen molar-refractivity contribution in [1.29, 1.82) is 0 Å². The Morgan fingerprint density at radius 2 is 1.81 bits per heavy atom. The molecule has 2 fully saturated rings. The summed E-state index contributed by atoms with van der Waals surface area (Å²) in [6, 6.07) is 13.8. The minimum Gasteiger partial charge on any atom is -0.486 e. The number of rotatable bonds is 5. The zero-order valence-electron chi connectivity index (χ0n) is 17.5. The average molecular weight is 421 g/mol. The number of nitrogens with one attached hydrogen (secondary N) is 1. The van der Waals surface area contributed by atoms with E-state index in [0.717, 1.165) is 60.8 Å². The van der Waals surface area contributed by atoms with E-state index in [4.69, 9.17) is 9.47 Å². The molecule has 3 aliphatic rings. The molecule has 0 aromatic heterocycles. The summed E-state index contributed by atoms with van der Waals surface area (Å²) in [6.07, 6.45) is 3.59. The minimum absolute atomic E-state index is 0.0329. The SMILES string of the molecule is O=C(CN1CCC[C@@H]1c1ccc2c(c1)OCCO2)Nc1ccc(N2CCCC2=O)cc1. The molecule has 3 heterocycles. The number of nitrogens with zero attached hydrogens (tertiary/aromatic N) is 2. The molecular formula is C24H27N3O4. The van der Waals surface area contributed by atoms with Crippen molar-refractivity contribution in [1.82, 2.24) is 4.90 Å². The van der Waals surface area contributed by atoms with Crippen LogP contribution in [0, 0.1) is 0 Å². The second-order valence-electron chi connectivity index (χ2n) is 8.28. The molecule has 0 saturated carbocycles. The summed E-state index contributed by atoms with van der Waals surface area (Å²) in [4.78, 5) is 28.6. The molecule has 0 spiro atoms. The van der Waals surface area contributed by atoms with Crippen LogP contribution in [0.2, 0.25) is 0 Å². The summed E-state index contributed by atoms with van der Waals surface area (Å²) in [5.74, 6) is 1.71. The molecule has 2 aromatic rings. The van der Waals surface area contributed by atoms with Crippen LogP contribution in [-0.4, -0.2) is 49.6 Å². The van der Waals surface area contributed by atoms with Crippen molar-refractivity contribution < 1.29 is 19.1 Å². The summed E-state index contributed by atoms with van der Waals surface area (Å²) in [5, 5.41) is 2.99. The molecule has 2 aromatic carbocycles. The zero-order chi connectivity index (χ0) is 21.2. The first-order valence-corrected chi connectivity index (χ1v) is 11.0. The number of hydrogen-bond acceptors (Lipinski definition) is 5. The number of amides is 2. The van der Waals surface area contributed by atoms with Crippen molar-refractivity contribution in [2.45, 2.75) is 31.7 Å². The molecule has 0 radical (unpaired) electrons. The van der Waals surface area contributed by atoms with Crippen LogP contribution in [0.15, 0.2) is 42.5 Å². The molecule has 0 unspecified atom stereocenters. The number of fused-ring (bicyclic) bond motifs is 1. The molecule has 1 N–H and O–H groups in total. The molecule has 0 bridgehead atoms. The van der Waals surface area contributed by atoms with E-state index < -0.39 is 0 Å². The smallest absolute Gasteiger partial charge is 0.238 e. The van der Waals surface area contributed by atoms with Gasteiger partial charge in [-0.2, -0.15) is 0 Å². The fourth-order valence-corrected chi connectivity index (χ4v) is 4.69. The lowest BCUT2D eigenvalue weighted by Crippen LogP contribution is -2.33. The van der Waals surface area contributed by atoms with Gasteiger partial charge in [-0.05, 0) is 67.8 Å². The van der Waals surface area contributed by atoms with Crippen LogP contribution in [0.3, 0.4) is 0 Å². The van der Waals surface area contributed by atoms with Crippen LogP contribution in [0.1, 0.15) is 37.3 Å². The number of carbonyl (C=O) groups excluding carboxylic acids is 2. The summed E-state index contributed by atoms with van der Waals surface area (Å²) >= 11 is 0. The minimum atomic E-state index is -0.0329. The first kappa shape index (κ1) is 19.9. The molecule has 7 nitrogen and oxygen atoms in total. The van der Waals surface area contributed by atoms with E-state index in [1.165, 1.54) is 0 Å². The third-order valence-electron chi connectivity index (χ3n) is 6.20. The van der Waals surface area contributed by atoms with Gasteiger partial charge in [-0.1, -0.05) is 6.07 Å². The molecule has 162 valence electrons.